The first-order valence-electron chi connectivity index (χ1n) is 26.2. The van der Waals surface area contributed by atoms with Gasteiger partial charge in [0.1, 0.15) is 13.2 Å². The Morgan fingerprint density at radius 2 is 0.635 bits per heavy atom. The first-order valence-corrected chi connectivity index (χ1v) is 26.2. The fourth-order valence-corrected chi connectivity index (χ4v) is 7.12. The Kier molecular flexibility index (Phi) is 48.5. The van der Waals surface area contributed by atoms with E-state index < -0.39 is 6.10 Å². The molecule has 0 radical (unpaired) electrons. The Morgan fingerprint density at radius 3 is 1.03 bits per heavy atom. The van der Waals surface area contributed by atoms with E-state index in [4.69, 9.17) is 14.2 Å². The van der Waals surface area contributed by atoms with Crippen LogP contribution < -0.4 is 0 Å². The summed E-state index contributed by atoms with van der Waals surface area (Å²) in [4.78, 5) is 37.9. The zero-order chi connectivity index (χ0) is 45.8. The van der Waals surface area contributed by atoms with Gasteiger partial charge in [-0.05, 0) is 64.2 Å². The highest BCUT2D eigenvalue weighted by Gasteiger charge is 2.19. The molecule has 6 nitrogen and oxygen atoms in total. The quantitative estimate of drug-likeness (QED) is 0.0199. The van der Waals surface area contributed by atoms with E-state index in [1.165, 1.54) is 122 Å². The number of allylic oxidation sites excluding steroid dienone is 14. The summed E-state index contributed by atoms with van der Waals surface area (Å²) in [5, 5.41) is 0. The van der Waals surface area contributed by atoms with Crippen LogP contribution in [0.2, 0.25) is 0 Å². The third-order valence-electron chi connectivity index (χ3n) is 11.0. The Morgan fingerprint density at radius 1 is 0.333 bits per heavy atom. The maximum absolute atomic E-state index is 12.8. The lowest BCUT2D eigenvalue weighted by Crippen LogP contribution is -2.30. The lowest BCUT2D eigenvalue weighted by atomic mass is 10.1. The van der Waals surface area contributed by atoms with E-state index in [-0.39, 0.29) is 37.5 Å². The van der Waals surface area contributed by atoms with Gasteiger partial charge in [0, 0.05) is 19.3 Å². The van der Waals surface area contributed by atoms with Gasteiger partial charge in [0.05, 0.1) is 0 Å². The van der Waals surface area contributed by atoms with Crippen molar-refractivity contribution < 1.29 is 28.6 Å². The molecule has 63 heavy (non-hydrogen) atoms. The van der Waals surface area contributed by atoms with E-state index in [0.29, 0.717) is 19.3 Å². The summed E-state index contributed by atoms with van der Waals surface area (Å²) >= 11 is 0. The highest BCUT2D eigenvalue weighted by atomic mass is 16.6. The number of esters is 3. The molecule has 0 bridgehead atoms. The van der Waals surface area contributed by atoms with Crippen molar-refractivity contribution in [3.8, 4) is 0 Å². The van der Waals surface area contributed by atoms with Crippen molar-refractivity contribution in [2.45, 2.75) is 245 Å². The molecule has 0 spiro atoms. The zero-order valence-corrected chi connectivity index (χ0v) is 41.1. The normalized spacial score (nSPS) is 12.7. The summed E-state index contributed by atoms with van der Waals surface area (Å²) in [5.74, 6) is -0.950. The second kappa shape index (κ2) is 51.2. The Balaban J connectivity index is 4.44. The van der Waals surface area contributed by atoms with Gasteiger partial charge in [-0.25, -0.2) is 0 Å². The molecular formula is C57H96O6. The highest BCUT2D eigenvalue weighted by molar-refractivity contribution is 5.71. The van der Waals surface area contributed by atoms with Crippen LogP contribution in [0.25, 0.3) is 0 Å². The maximum Gasteiger partial charge on any atom is 0.306 e. The van der Waals surface area contributed by atoms with Crippen molar-refractivity contribution in [1.82, 2.24) is 0 Å². The Labute approximate surface area is 388 Å². The molecule has 0 saturated carbocycles. The second-order valence-electron chi connectivity index (χ2n) is 17.2. The fraction of sp³-hybridized carbons (Fsp3) is 0.702. The molecule has 0 aliphatic heterocycles. The van der Waals surface area contributed by atoms with Crippen LogP contribution in [0.5, 0.6) is 0 Å². The van der Waals surface area contributed by atoms with Gasteiger partial charge < -0.3 is 14.2 Å². The maximum atomic E-state index is 12.8. The molecule has 0 amide bonds. The summed E-state index contributed by atoms with van der Waals surface area (Å²) < 4.78 is 16.7. The van der Waals surface area contributed by atoms with Crippen molar-refractivity contribution in [2.24, 2.45) is 0 Å². The van der Waals surface area contributed by atoms with Gasteiger partial charge in [-0.2, -0.15) is 0 Å². The summed E-state index contributed by atoms with van der Waals surface area (Å²) in [5.41, 5.74) is 0. The average molecular weight is 877 g/mol. The predicted octanol–water partition coefficient (Wildman–Crippen LogP) is 17.2. The van der Waals surface area contributed by atoms with Crippen LogP contribution in [0.1, 0.15) is 239 Å². The molecule has 0 aliphatic carbocycles. The molecule has 0 aromatic heterocycles. The minimum absolute atomic E-state index is 0.0965. The van der Waals surface area contributed by atoms with Crippen LogP contribution in [0.15, 0.2) is 85.1 Å². The molecule has 6 heteroatoms. The van der Waals surface area contributed by atoms with E-state index in [9.17, 15) is 14.4 Å². The largest absolute Gasteiger partial charge is 0.462 e. The molecule has 1 unspecified atom stereocenters. The monoisotopic (exact) mass is 877 g/mol. The van der Waals surface area contributed by atoms with E-state index in [0.717, 1.165) is 70.6 Å². The van der Waals surface area contributed by atoms with E-state index in [1.807, 2.05) is 60.8 Å². The molecule has 0 aliphatic rings. The third-order valence-corrected chi connectivity index (χ3v) is 11.0. The summed E-state index contributed by atoms with van der Waals surface area (Å²) in [7, 11) is 0. The van der Waals surface area contributed by atoms with E-state index in [2.05, 4.69) is 45.1 Å². The molecule has 0 aromatic carbocycles. The van der Waals surface area contributed by atoms with Crippen molar-refractivity contribution in [3.05, 3.63) is 85.1 Å². The Hall–Kier alpha value is -3.41. The number of hydrogen-bond donors (Lipinski definition) is 0. The topological polar surface area (TPSA) is 78.9 Å². The molecule has 0 fully saturated rings. The van der Waals surface area contributed by atoms with Crippen LogP contribution in [-0.4, -0.2) is 37.2 Å². The minimum Gasteiger partial charge on any atom is -0.462 e. The van der Waals surface area contributed by atoms with Crippen LogP contribution in [-0.2, 0) is 28.6 Å². The molecule has 360 valence electrons. The van der Waals surface area contributed by atoms with Crippen LogP contribution in [0.3, 0.4) is 0 Å². The third kappa shape index (κ3) is 49.5. The van der Waals surface area contributed by atoms with Gasteiger partial charge in [0.2, 0.25) is 0 Å². The fourth-order valence-electron chi connectivity index (χ4n) is 7.12. The summed E-state index contributed by atoms with van der Waals surface area (Å²) in [6.07, 6.45) is 65.7. The van der Waals surface area contributed by atoms with Gasteiger partial charge in [-0.1, -0.05) is 241 Å². The lowest BCUT2D eigenvalue weighted by molar-refractivity contribution is -0.167. The zero-order valence-electron chi connectivity index (χ0n) is 41.1. The highest BCUT2D eigenvalue weighted by Crippen LogP contribution is 2.14. The molecule has 0 aromatic rings. The number of rotatable bonds is 46. The van der Waals surface area contributed by atoms with Crippen LogP contribution >= 0.6 is 0 Å². The SMILES string of the molecule is CC\C=C/C=C\C=C/C=C\C=C\C=C/CCCCCC(=O)OC(COC(=O)CCCCCCC/C=C\CCCCCCCCCCC)COC(=O)CCCCCCCCCCCC. The number of carbonyl (C=O) groups is 3. The molecule has 0 heterocycles. The number of unbranched alkanes of at least 4 members (excludes halogenated alkanes) is 26. The van der Waals surface area contributed by atoms with E-state index in [1.54, 1.807) is 0 Å². The van der Waals surface area contributed by atoms with E-state index >= 15 is 0 Å². The smallest absolute Gasteiger partial charge is 0.306 e. The van der Waals surface area contributed by atoms with Crippen molar-refractivity contribution in [1.29, 1.82) is 0 Å². The minimum atomic E-state index is -0.801. The first-order chi connectivity index (χ1) is 31.0. The van der Waals surface area contributed by atoms with Gasteiger partial charge in [-0.15, -0.1) is 0 Å². The molecule has 1 atom stereocenters. The average Bonchev–Trinajstić information content (AvgIpc) is 3.28. The summed E-state index contributed by atoms with van der Waals surface area (Å²) in [6.45, 7) is 6.44. The predicted molar refractivity (Wildman–Crippen MR) is 270 cm³/mol. The summed E-state index contributed by atoms with van der Waals surface area (Å²) in [6, 6.07) is 0. The number of carbonyl (C=O) groups excluding carboxylic acids is 3. The molecular weight excluding hydrogens is 781 g/mol. The van der Waals surface area contributed by atoms with Gasteiger partial charge >= 0.3 is 17.9 Å². The second-order valence-corrected chi connectivity index (χ2v) is 17.2. The molecule has 0 N–H and O–H groups in total. The van der Waals surface area contributed by atoms with Gasteiger partial charge in [-0.3, -0.25) is 14.4 Å². The van der Waals surface area contributed by atoms with Crippen molar-refractivity contribution in [3.63, 3.8) is 0 Å². The first kappa shape index (κ1) is 59.6. The van der Waals surface area contributed by atoms with Crippen LogP contribution in [0, 0.1) is 0 Å². The number of hydrogen-bond acceptors (Lipinski definition) is 6. The Bertz CT molecular complexity index is 1240. The van der Waals surface area contributed by atoms with Gasteiger partial charge in [0.25, 0.3) is 0 Å². The van der Waals surface area contributed by atoms with Crippen LogP contribution in [0.4, 0.5) is 0 Å². The van der Waals surface area contributed by atoms with Crippen molar-refractivity contribution >= 4 is 17.9 Å². The van der Waals surface area contributed by atoms with Crippen molar-refractivity contribution in [2.75, 3.05) is 13.2 Å². The molecule has 0 rings (SSSR count). The standard InChI is InChI=1S/C57H96O6/c1-4-7-10-13-16-19-22-24-26-28-30-31-33-35-38-41-44-47-50-56(59)62-53-54(52-61-55(58)49-46-43-40-37-21-18-15-12-9-6-3)63-57(60)51-48-45-42-39-36-34-32-29-27-25-23-20-17-14-11-8-5-2/h8,11,14,17,20,23,25,27,29-32,34,36,54H,4-7,9-10,12-13,15-16,18-19,21-22,24,26,28,33,35,37-53H2,1-3H3/b11-8-,17-14-,23-20-,27-25-,31-30-,32-29+,36-34-. The number of ether oxygens (including phenoxy) is 3. The lowest BCUT2D eigenvalue weighted by Gasteiger charge is -2.18. The molecule has 0 saturated heterocycles. The van der Waals surface area contributed by atoms with Gasteiger partial charge in [0.15, 0.2) is 6.10 Å².